The van der Waals surface area contributed by atoms with Gasteiger partial charge >= 0.3 is 0 Å². The van der Waals surface area contributed by atoms with E-state index in [0.717, 1.165) is 17.7 Å². The summed E-state index contributed by atoms with van der Waals surface area (Å²) in [5.41, 5.74) is 0.203. The van der Waals surface area contributed by atoms with Crippen molar-refractivity contribution in [1.29, 1.82) is 0 Å². The summed E-state index contributed by atoms with van der Waals surface area (Å²) in [7, 11) is 3.17. The number of fused-ring (bicyclic) bond motifs is 1. The zero-order valence-electron chi connectivity index (χ0n) is 21.6. The van der Waals surface area contributed by atoms with Crippen LogP contribution >= 0.6 is 11.6 Å². The molecule has 0 radical (unpaired) electrons. The van der Waals surface area contributed by atoms with Gasteiger partial charge in [-0.15, -0.1) is 10.2 Å². The summed E-state index contributed by atoms with van der Waals surface area (Å²) in [6.07, 6.45) is 0. The van der Waals surface area contributed by atoms with Gasteiger partial charge in [0.2, 0.25) is 0 Å². The summed E-state index contributed by atoms with van der Waals surface area (Å²) in [5.74, 6) is -2.35. The first-order valence-corrected chi connectivity index (χ1v) is 12.4. The molecule has 0 bridgehead atoms. The topological polar surface area (TPSA) is 69.5 Å². The lowest BCUT2D eigenvalue weighted by Crippen LogP contribution is -2.30. The van der Waals surface area contributed by atoms with Crippen molar-refractivity contribution < 1.29 is 27.4 Å². The number of hydrogen-bond acceptors (Lipinski definition) is 5. The highest BCUT2D eigenvalue weighted by Gasteiger charge is 2.35. The number of nitrogens with zero attached hydrogens (tertiary/aromatic N) is 4. The summed E-state index contributed by atoms with van der Waals surface area (Å²) in [4.78, 5) is 14.6. The molecule has 39 heavy (non-hydrogen) atoms. The van der Waals surface area contributed by atoms with Gasteiger partial charge in [0.05, 0.1) is 19.2 Å². The van der Waals surface area contributed by atoms with Crippen molar-refractivity contribution in [3.63, 3.8) is 0 Å². The highest BCUT2D eigenvalue weighted by atomic mass is 35.5. The highest BCUT2D eigenvalue weighted by molar-refractivity contribution is 6.30. The van der Waals surface area contributed by atoms with Crippen molar-refractivity contribution >= 4 is 17.5 Å². The van der Waals surface area contributed by atoms with Gasteiger partial charge in [-0.05, 0) is 55.8 Å². The molecule has 0 fully saturated rings. The lowest BCUT2D eigenvalue weighted by molar-refractivity contribution is 0.0766. The molecule has 1 aromatic heterocycles. The van der Waals surface area contributed by atoms with E-state index in [2.05, 4.69) is 10.2 Å². The number of hydrogen-bond donors (Lipinski definition) is 0. The second-order valence-electron chi connectivity index (χ2n) is 9.68. The van der Waals surface area contributed by atoms with Gasteiger partial charge < -0.3 is 18.9 Å². The molecule has 0 spiro atoms. The Morgan fingerprint density at radius 3 is 2.28 bits per heavy atom. The Morgan fingerprint density at radius 1 is 1.00 bits per heavy atom. The van der Waals surface area contributed by atoms with Crippen LogP contribution < -0.4 is 9.47 Å². The van der Waals surface area contributed by atoms with Crippen molar-refractivity contribution in [3.05, 3.63) is 93.5 Å². The zero-order valence-corrected chi connectivity index (χ0v) is 22.3. The molecule has 4 aromatic rings. The first-order valence-electron chi connectivity index (χ1n) is 12.0. The quantitative estimate of drug-likeness (QED) is 0.278. The van der Waals surface area contributed by atoms with Gasteiger partial charge in [0.1, 0.15) is 11.6 Å². The second kappa shape index (κ2) is 9.92. The monoisotopic (exact) mass is 556 g/mol. The van der Waals surface area contributed by atoms with Crippen LogP contribution in [-0.2, 0) is 25.7 Å². The van der Waals surface area contributed by atoms with Crippen LogP contribution in [0.5, 0.6) is 11.5 Å². The number of halogens is 4. The third kappa shape index (κ3) is 4.80. The zero-order chi connectivity index (χ0) is 28.1. The maximum atomic E-state index is 15.8. The van der Waals surface area contributed by atoms with Crippen LogP contribution in [0.3, 0.4) is 0 Å². The predicted molar refractivity (Wildman–Crippen MR) is 138 cm³/mol. The van der Waals surface area contributed by atoms with Crippen LogP contribution in [0.4, 0.5) is 13.2 Å². The van der Waals surface area contributed by atoms with Gasteiger partial charge in [0.15, 0.2) is 34.6 Å². The Hall–Kier alpha value is -4.05. The van der Waals surface area contributed by atoms with E-state index in [1.807, 2.05) is 12.1 Å². The highest BCUT2D eigenvalue weighted by Crippen LogP contribution is 2.36. The molecule has 2 heterocycles. The first kappa shape index (κ1) is 26.6. The molecule has 3 aromatic carbocycles. The van der Waals surface area contributed by atoms with E-state index in [4.69, 9.17) is 21.1 Å². The van der Waals surface area contributed by atoms with E-state index in [9.17, 15) is 13.6 Å². The Kier molecular flexibility index (Phi) is 6.76. The summed E-state index contributed by atoms with van der Waals surface area (Å²) >= 11 is 5.71. The fraction of sp³-hybridized carbons (Fsp3) is 0.250. The second-order valence-corrected chi connectivity index (χ2v) is 10.1. The van der Waals surface area contributed by atoms with Crippen molar-refractivity contribution in [2.45, 2.75) is 32.5 Å². The van der Waals surface area contributed by atoms with Gasteiger partial charge in [0.25, 0.3) is 5.91 Å². The van der Waals surface area contributed by atoms with E-state index >= 15 is 4.39 Å². The van der Waals surface area contributed by atoms with Gasteiger partial charge in [-0.25, -0.2) is 13.2 Å². The number of ether oxygens (including phenoxy) is 2. The SMILES string of the molecule is COc1ccc(CN2Cc3c(ccc(-c4nnc(C(C)(C)Oc5c(F)cc(Cl)cc5F)n4C)c3F)C2=O)cc1. The minimum Gasteiger partial charge on any atom is -0.497 e. The summed E-state index contributed by atoms with van der Waals surface area (Å²) in [6.45, 7) is 3.52. The van der Waals surface area contributed by atoms with Crippen molar-refractivity contribution in [2.24, 2.45) is 7.05 Å². The largest absolute Gasteiger partial charge is 0.497 e. The van der Waals surface area contributed by atoms with Crippen LogP contribution in [0, 0.1) is 17.5 Å². The standard InChI is InChI=1S/C28H24ClF3N4O3/c1-28(2,39-24-21(30)11-16(29)12-22(24)31)27-34-33-25(35(27)3)19-10-9-18-20(23(19)32)14-36(26(18)37)13-15-5-7-17(38-4)8-6-15/h5-12H,13-14H2,1-4H3. The predicted octanol–water partition coefficient (Wildman–Crippen LogP) is 6.03. The Bertz CT molecular complexity index is 1560. The molecular formula is C28H24ClF3N4O3. The van der Waals surface area contributed by atoms with Crippen molar-refractivity contribution in [2.75, 3.05) is 7.11 Å². The molecule has 202 valence electrons. The molecule has 0 N–H and O–H groups in total. The maximum absolute atomic E-state index is 15.8. The molecule has 0 atom stereocenters. The van der Waals surface area contributed by atoms with Crippen molar-refractivity contribution in [1.82, 2.24) is 19.7 Å². The lowest BCUT2D eigenvalue weighted by Gasteiger charge is -2.26. The molecule has 1 aliphatic heterocycles. The summed E-state index contributed by atoms with van der Waals surface area (Å²) in [5, 5.41) is 8.16. The lowest BCUT2D eigenvalue weighted by atomic mass is 10.0. The first-order chi connectivity index (χ1) is 18.5. The number of amides is 1. The normalized spacial score (nSPS) is 13.1. The van der Waals surface area contributed by atoms with Gasteiger partial charge in [0, 0.05) is 29.7 Å². The Labute approximate surface area is 227 Å². The molecular weight excluding hydrogens is 533 g/mol. The third-order valence-electron chi connectivity index (χ3n) is 6.62. The van der Waals surface area contributed by atoms with Crippen LogP contribution in [0.2, 0.25) is 5.02 Å². The number of rotatable bonds is 7. The molecule has 0 saturated heterocycles. The molecule has 7 nitrogen and oxygen atoms in total. The van der Waals surface area contributed by atoms with E-state index in [0.29, 0.717) is 12.3 Å². The molecule has 0 saturated carbocycles. The number of methoxy groups -OCH3 is 1. The van der Waals surface area contributed by atoms with E-state index in [1.165, 1.54) is 10.6 Å². The Balaban J connectivity index is 1.42. The smallest absolute Gasteiger partial charge is 0.254 e. The molecule has 11 heteroatoms. The van der Waals surface area contributed by atoms with E-state index in [1.54, 1.807) is 51.1 Å². The van der Waals surface area contributed by atoms with Gasteiger partial charge in [-0.2, -0.15) is 0 Å². The van der Waals surface area contributed by atoms with Crippen LogP contribution in [0.15, 0.2) is 48.5 Å². The van der Waals surface area contributed by atoms with E-state index in [-0.39, 0.29) is 45.8 Å². The summed E-state index contributed by atoms with van der Waals surface area (Å²) < 4.78 is 56.8. The number of carbonyl (C=O) groups excluding carboxylic acids is 1. The number of aromatic nitrogens is 3. The Morgan fingerprint density at radius 2 is 1.64 bits per heavy atom. The molecule has 1 aliphatic rings. The molecule has 0 unspecified atom stereocenters. The average Bonchev–Trinajstić information content (AvgIpc) is 3.43. The molecule has 0 aliphatic carbocycles. The maximum Gasteiger partial charge on any atom is 0.254 e. The van der Waals surface area contributed by atoms with Crippen molar-refractivity contribution in [3.8, 4) is 22.9 Å². The fourth-order valence-corrected chi connectivity index (χ4v) is 4.87. The van der Waals surface area contributed by atoms with Gasteiger partial charge in [-0.3, -0.25) is 4.79 Å². The minimum atomic E-state index is -1.35. The third-order valence-corrected chi connectivity index (χ3v) is 6.84. The average molecular weight is 557 g/mol. The molecule has 1 amide bonds. The van der Waals surface area contributed by atoms with Crippen LogP contribution in [-0.4, -0.2) is 32.7 Å². The fourth-order valence-electron chi connectivity index (χ4n) is 4.68. The van der Waals surface area contributed by atoms with Crippen LogP contribution in [0.25, 0.3) is 11.4 Å². The van der Waals surface area contributed by atoms with Crippen LogP contribution in [0.1, 0.15) is 41.2 Å². The minimum absolute atomic E-state index is 0.0916. The number of benzene rings is 3. The van der Waals surface area contributed by atoms with E-state index < -0.39 is 28.8 Å². The summed E-state index contributed by atoms with van der Waals surface area (Å²) in [6, 6.07) is 12.2. The number of carbonyl (C=O) groups is 1. The van der Waals surface area contributed by atoms with Gasteiger partial charge in [-0.1, -0.05) is 23.7 Å². The molecule has 5 rings (SSSR count).